The minimum Gasteiger partial charge on any atom is -0.490 e. The highest BCUT2D eigenvalue weighted by atomic mass is 127. The van der Waals surface area contributed by atoms with Gasteiger partial charge in [0, 0.05) is 31.4 Å². The first-order valence-electron chi connectivity index (χ1n) is 9.85. The van der Waals surface area contributed by atoms with Crippen LogP contribution in [0, 0.1) is 5.92 Å². The first kappa shape index (κ1) is 25.0. The third-order valence-corrected chi connectivity index (χ3v) is 4.40. The summed E-state index contributed by atoms with van der Waals surface area (Å²) >= 11 is 0. The van der Waals surface area contributed by atoms with E-state index in [1.807, 2.05) is 36.4 Å². The number of hydrogen-bond donors (Lipinski definition) is 2. The zero-order chi connectivity index (χ0) is 20.4. The smallest absolute Gasteiger partial charge is 0.224 e. The monoisotopic (exact) mass is 512 g/mol. The van der Waals surface area contributed by atoms with Crippen LogP contribution in [0.5, 0.6) is 17.4 Å². The van der Waals surface area contributed by atoms with Crippen molar-refractivity contribution in [2.75, 3.05) is 13.7 Å². The zero-order valence-electron chi connectivity index (χ0n) is 17.9. The van der Waals surface area contributed by atoms with E-state index in [4.69, 9.17) is 9.47 Å². The number of halogens is 1. The van der Waals surface area contributed by atoms with Crippen LogP contribution in [0.15, 0.2) is 47.6 Å². The third-order valence-electron chi connectivity index (χ3n) is 4.40. The van der Waals surface area contributed by atoms with E-state index >= 15 is 0 Å². The summed E-state index contributed by atoms with van der Waals surface area (Å²) in [7, 11) is 1.77. The van der Waals surface area contributed by atoms with E-state index in [9.17, 15) is 0 Å². The van der Waals surface area contributed by atoms with Gasteiger partial charge >= 0.3 is 0 Å². The van der Waals surface area contributed by atoms with Crippen LogP contribution in [0.25, 0.3) is 0 Å². The van der Waals surface area contributed by atoms with Crippen molar-refractivity contribution in [3.8, 4) is 17.4 Å². The number of guanidine groups is 1. The molecule has 0 aliphatic carbocycles. The van der Waals surface area contributed by atoms with Gasteiger partial charge in [-0.1, -0.05) is 39.0 Å². The molecule has 0 saturated heterocycles. The SMILES string of the molecule is CCCOc1ccccc1Oc1ncccc1CNC(=NC)NC(C)C(C)C.I. The van der Waals surface area contributed by atoms with E-state index in [1.165, 1.54) is 0 Å². The second kappa shape index (κ2) is 13.2. The maximum Gasteiger partial charge on any atom is 0.224 e. The summed E-state index contributed by atoms with van der Waals surface area (Å²) in [5.74, 6) is 3.19. The molecule has 1 aromatic carbocycles. The van der Waals surface area contributed by atoms with Crippen LogP contribution in [0.2, 0.25) is 0 Å². The molecule has 1 atom stereocenters. The largest absolute Gasteiger partial charge is 0.490 e. The maximum atomic E-state index is 6.09. The molecule has 2 rings (SSSR count). The van der Waals surface area contributed by atoms with Crippen LogP contribution in [-0.4, -0.2) is 30.6 Å². The van der Waals surface area contributed by atoms with Crippen LogP contribution in [0.4, 0.5) is 0 Å². The van der Waals surface area contributed by atoms with Gasteiger partial charge in [0.05, 0.1) is 6.61 Å². The molecule has 0 amide bonds. The fourth-order valence-electron chi connectivity index (χ4n) is 2.38. The number of nitrogens with zero attached hydrogens (tertiary/aromatic N) is 2. The Morgan fingerprint density at radius 2 is 1.83 bits per heavy atom. The Morgan fingerprint density at radius 3 is 2.48 bits per heavy atom. The van der Waals surface area contributed by atoms with Crippen LogP contribution < -0.4 is 20.1 Å². The van der Waals surface area contributed by atoms with Gasteiger partial charge in [0.25, 0.3) is 0 Å². The Kier molecular flexibility index (Phi) is 11.4. The second-order valence-corrected chi connectivity index (χ2v) is 6.97. The lowest BCUT2D eigenvalue weighted by atomic mass is 10.1. The summed E-state index contributed by atoms with van der Waals surface area (Å²) < 4.78 is 11.9. The Morgan fingerprint density at radius 1 is 1.10 bits per heavy atom. The molecule has 7 heteroatoms. The topological polar surface area (TPSA) is 67.8 Å². The van der Waals surface area contributed by atoms with E-state index in [-0.39, 0.29) is 24.0 Å². The molecule has 6 nitrogen and oxygen atoms in total. The Bertz CT molecular complexity index is 768. The molecule has 2 N–H and O–H groups in total. The molecule has 1 aromatic heterocycles. The van der Waals surface area contributed by atoms with Gasteiger partial charge in [0.15, 0.2) is 17.5 Å². The number of aromatic nitrogens is 1. The standard InChI is InChI=1S/C22H32N4O2.HI/c1-6-14-27-19-11-7-8-12-20(19)28-21-18(10-9-13-24-21)15-25-22(23-5)26-17(4)16(2)3;/h7-13,16-17H,6,14-15H2,1-5H3,(H2,23,25,26);1H. The van der Waals surface area contributed by atoms with Crippen LogP contribution in [0.3, 0.4) is 0 Å². The highest BCUT2D eigenvalue weighted by Gasteiger charge is 2.12. The van der Waals surface area contributed by atoms with Gasteiger partial charge in [-0.25, -0.2) is 4.98 Å². The number of benzene rings is 1. The van der Waals surface area contributed by atoms with E-state index in [1.54, 1.807) is 13.2 Å². The first-order chi connectivity index (χ1) is 13.5. The number of hydrogen-bond acceptors (Lipinski definition) is 4. The molecule has 0 saturated carbocycles. The molecule has 0 aliphatic heterocycles. The lowest BCUT2D eigenvalue weighted by molar-refractivity contribution is 0.300. The normalized spacial score (nSPS) is 12.1. The summed E-state index contributed by atoms with van der Waals surface area (Å²) in [6.45, 7) is 9.77. The van der Waals surface area contributed by atoms with Gasteiger partial charge in [0.1, 0.15) is 0 Å². The molecule has 0 aliphatic rings. The Labute approximate surface area is 191 Å². The van der Waals surface area contributed by atoms with Crippen molar-refractivity contribution < 1.29 is 9.47 Å². The average molecular weight is 512 g/mol. The highest BCUT2D eigenvalue weighted by Crippen LogP contribution is 2.31. The van der Waals surface area contributed by atoms with Crippen LogP contribution in [-0.2, 0) is 6.54 Å². The van der Waals surface area contributed by atoms with Crippen LogP contribution in [0.1, 0.15) is 39.7 Å². The molecule has 0 fully saturated rings. The molecule has 0 radical (unpaired) electrons. The number of pyridine rings is 1. The van der Waals surface area contributed by atoms with Crippen LogP contribution >= 0.6 is 24.0 Å². The van der Waals surface area contributed by atoms with Crippen molar-refractivity contribution in [1.29, 1.82) is 0 Å². The summed E-state index contributed by atoms with van der Waals surface area (Å²) in [6.07, 6.45) is 2.66. The minimum absolute atomic E-state index is 0. The molecule has 0 bridgehead atoms. The lowest BCUT2D eigenvalue weighted by Crippen LogP contribution is -2.43. The molecule has 1 heterocycles. The number of aliphatic imine (C=N–C) groups is 1. The lowest BCUT2D eigenvalue weighted by Gasteiger charge is -2.21. The highest BCUT2D eigenvalue weighted by molar-refractivity contribution is 14.0. The van der Waals surface area contributed by atoms with Crippen molar-refractivity contribution in [2.24, 2.45) is 10.9 Å². The van der Waals surface area contributed by atoms with Gasteiger partial charge in [-0.3, -0.25) is 4.99 Å². The predicted octanol–water partition coefficient (Wildman–Crippen LogP) is 4.99. The summed E-state index contributed by atoms with van der Waals surface area (Å²) in [5.41, 5.74) is 0.938. The zero-order valence-corrected chi connectivity index (χ0v) is 20.3. The van der Waals surface area contributed by atoms with E-state index in [0.29, 0.717) is 36.7 Å². The number of nitrogens with one attached hydrogen (secondary N) is 2. The van der Waals surface area contributed by atoms with Crippen molar-refractivity contribution in [3.05, 3.63) is 48.2 Å². The minimum atomic E-state index is 0. The van der Waals surface area contributed by atoms with Crippen molar-refractivity contribution >= 4 is 29.9 Å². The molecule has 160 valence electrons. The molecular formula is C22H33IN4O2. The maximum absolute atomic E-state index is 6.09. The fourth-order valence-corrected chi connectivity index (χ4v) is 2.38. The molecule has 0 spiro atoms. The van der Waals surface area contributed by atoms with Gasteiger partial charge in [0.2, 0.25) is 5.88 Å². The van der Waals surface area contributed by atoms with Crippen molar-refractivity contribution in [3.63, 3.8) is 0 Å². The van der Waals surface area contributed by atoms with Crippen molar-refractivity contribution in [2.45, 2.75) is 46.7 Å². The van der Waals surface area contributed by atoms with Gasteiger partial charge < -0.3 is 20.1 Å². The molecule has 1 unspecified atom stereocenters. The first-order valence-corrected chi connectivity index (χ1v) is 9.85. The average Bonchev–Trinajstić information content (AvgIpc) is 2.71. The summed E-state index contributed by atoms with van der Waals surface area (Å²) in [6, 6.07) is 11.9. The summed E-state index contributed by atoms with van der Waals surface area (Å²) in [5, 5.41) is 6.73. The van der Waals surface area contributed by atoms with Gasteiger partial charge in [-0.2, -0.15) is 0 Å². The van der Waals surface area contributed by atoms with E-state index < -0.39 is 0 Å². The second-order valence-electron chi connectivity index (χ2n) is 6.97. The van der Waals surface area contributed by atoms with E-state index in [0.717, 1.165) is 23.7 Å². The summed E-state index contributed by atoms with van der Waals surface area (Å²) in [4.78, 5) is 8.71. The number of ether oxygens (including phenoxy) is 2. The Balaban J connectivity index is 0.00000420. The quantitative estimate of drug-likeness (QED) is 0.282. The number of para-hydroxylation sites is 2. The van der Waals surface area contributed by atoms with Gasteiger partial charge in [-0.15, -0.1) is 24.0 Å². The van der Waals surface area contributed by atoms with E-state index in [2.05, 4.69) is 48.3 Å². The third kappa shape index (κ3) is 8.08. The number of rotatable bonds is 9. The Hall–Kier alpha value is -2.03. The molecule has 29 heavy (non-hydrogen) atoms. The van der Waals surface area contributed by atoms with Gasteiger partial charge in [-0.05, 0) is 37.5 Å². The predicted molar refractivity (Wildman–Crippen MR) is 130 cm³/mol. The molecule has 2 aromatic rings. The van der Waals surface area contributed by atoms with Crippen molar-refractivity contribution in [1.82, 2.24) is 15.6 Å². The molecular weight excluding hydrogens is 479 g/mol. The fraction of sp³-hybridized carbons (Fsp3) is 0.455.